The molecular weight excluding hydrogens is 280 g/mol. The zero-order valence-corrected chi connectivity index (χ0v) is 13.3. The third-order valence-corrected chi connectivity index (χ3v) is 4.55. The van der Waals surface area contributed by atoms with Gasteiger partial charge in [-0.2, -0.15) is 0 Å². The van der Waals surface area contributed by atoms with E-state index in [1.165, 1.54) is 0 Å². The first-order valence-electron chi connectivity index (χ1n) is 7.93. The average molecular weight is 304 g/mol. The van der Waals surface area contributed by atoms with E-state index in [9.17, 15) is 4.79 Å². The summed E-state index contributed by atoms with van der Waals surface area (Å²) in [6.45, 7) is 9.43. The van der Waals surface area contributed by atoms with Crippen molar-refractivity contribution in [1.29, 1.82) is 0 Å². The van der Waals surface area contributed by atoms with E-state index in [0.717, 1.165) is 36.4 Å². The third-order valence-electron chi connectivity index (χ3n) is 4.55. The number of aromatic amines is 1. The van der Waals surface area contributed by atoms with Gasteiger partial charge in [-0.1, -0.05) is 6.08 Å². The van der Waals surface area contributed by atoms with E-state index in [1.54, 1.807) is 6.08 Å². The van der Waals surface area contributed by atoms with Crippen molar-refractivity contribution >= 4 is 5.91 Å². The second kappa shape index (κ2) is 6.26. The molecule has 1 N–H and O–H groups in total. The second-order valence-corrected chi connectivity index (χ2v) is 6.15. The van der Waals surface area contributed by atoms with Gasteiger partial charge in [-0.05, 0) is 32.8 Å². The highest BCUT2D eigenvalue weighted by Gasteiger charge is 2.46. The van der Waals surface area contributed by atoms with Gasteiger partial charge in [0.15, 0.2) is 0 Å². The van der Waals surface area contributed by atoms with Gasteiger partial charge in [0.2, 0.25) is 0 Å². The Hall–Kier alpha value is -1.59. The normalized spacial score (nSPS) is 27.7. The third kappa shape index (κ3) is 2.71. The van der Waals surface area contributed by atoms with Gasteiger partial charge < -0.3 is 19.4 Å². The van der Waals surface area contributed by atoms with Crippen molar-refractivity contribution in [2.24, 2.45) is 0 Å². The molecule has 2 saturated heterocycles. The van der Waals surface area contributed by atoms with Gasteiger partial charge >= 0.3 is 0 Å². The molecule has 1 aromatic heterocycles. The minimum absolute atomic E-state index is 0.0157. The summed E-state index contributed by atoms with van der Waals surface area (Å²) in [5.74, 6) is 0.0760. The van der Waals surface area contributed by atoms with Gasteiger partial charge in [-0.25, -0.2) is 0 Å². The Morgan fingerprint density at radius 1 is 1.59 bits per heavy atom. The molecule has 0 unspecified atom stereocenters. The van der Waals surface area contributed by atoms with Gasteiger partial charge in [0.1, 0.15) is 12.2 Å². The maximum atomic E-state index is 12.9. The van der Waals surface area contributed by atoms with Gasteiger partial charge in [-0.3, -0.25) is 4.79 Å². The highest BCUT2D eigenvalue weighted by molar-refractivity contribution is 5.96. The molecule has 3 heterocycles. The van der Waals surface area contributed by atoms with Crippen LogP contribution in [0.5, 0.6) is 0 Å². The van der Waals surface area contributed by atoms with Crippen LogP contribution >= 0.6 is 0 Å². The van der Waals surface area contributed by atoms with Crippen LogP contribution in [0.4, 0.5) is 0 Å². The van der Waals surface area contributed by atoms with E-state index in [2.05, 4.69) is 11.6 Å². The molecular formula is C17H24N2O3. The van der Waals surface area contributed by atoms with Crippen LogP contribution in [-0.2, 0) is 9.47 Å². The van der Waals surface area contributed by atoms with Crippen LogP contribution in [0, 0.1) is 13.8 Å². The molecule has 0 saturated carbocycles. The number of fused-ring (bicyclic) bond motifs is 1. The summed E-state index contributed by atoms with van der Waals surface area (Å²) in [6.07, 6.45) is 3.63. The quantitative estimate of drug-likeness (QED) is 0.868. The number of amides is 1. The number of hydrogen-bond donors (Lipinski definition) is 1. The fraction of sp³-hybridized carbons (Fsp3) is 0.588. The predicted molar refractivity (Wildman–Crippen MR) is 84.0 cm³/mol. The Morgan fingerprint density at radius 2 is 2.41 bits per heavy atom. The number of rotatable bonds is 4. The fourth-order valence-electron chi connectivity index (χ4n) is 3.58. The van der Waals surface area contributed by atoms with Crippen LogP contribution in [0.15, 0.2) is 18.7 Å². The first-order chi connectivity index (χ1) is 10.6. The van der Waals surface area contributed by atoms with Crippen molar-refractivity contribution in [2.75, 3.05) is 19.8 Å². The predicted octanol–water partition coefficient (Wildman–Crippen LogP) is 2.21. The lowest BCUT2D eigenvalue weighted by Crippen LogP contribution is -2.44. The molecule has 5 heteroatoms. The Balaban J connectivity index is 1.81. The summed E-state index contributed by atoms with van der Waals surface area (Å²) in [7, 11) is 0. The molecule has 0 radical (unpaired) electrons. The average Bonchev–Trinajstić information content (AvgIpc) is 3.05. The number of carbonyl (C=O) groups is 1. The Kier molecular flexibility index (Phi) is 4.36. The maximum Gasteiger partial charge on any atom is 0.256 e. The molecule has 0 bridgehead atoms. The van der Waals surface area contributed by atoms with Crippen LogP contribution in [-0.4, -0.2) is 53.8 Å². The molecule has 0 aliphatic carbocycles. The summed E-state index contributed by atoms with van der Waals surface area (Å²) in [4.78, 5) is 18.1. The summed E-state index contributed by atoms with van der Waals surface area (Å²) in [6, 6.07) is 2.04. The van der Waals surface area contributed by atoms with Crippen molar-refractivity contribution in [3.8, 4) is 0 Å². The smallest absolute Gasteiger partial charge is 0.256 e. The van der Waals surface area contributed by atoms with E-state index in [4.69, 9.17) is 9.47 Å². The van der Waals surface area contributed by atoms with Crippen LogP contribution in [0.2, 0.25) is 0 Å². The molecule has 3 atom stereocenters. The number of nitrogens with zero attached hydrogens (tertiary/aromatic N) is 1. The summed E-state index contributed by atoms with van der Waals surface area (Å²) in [5.41, 5.74) is 2.69. The van der Waals surface area contributed by atoms with Crippen LogP contribution in [0.25, 0.3) is 0 Å². The summed E-state index contributed by atoms with van der Waals surface area (Å²) in [5, 5.41) is 0. The van der Waals surface area contributed by atoms with Gasteiger partial charge in [-0.15, -0.1) is 6.58 Å². The molecule has 3 rings (SSSR count). The van der Waals surface area contributed by atoms with Crippen molar-refractivity contribution in [2.45, 2.75) is 44.9 Å². The molecule has 2 aliphatic rings. The van der Waals surface area contributed by atoms with E-state index < -0.39 is 0 Å². The Bertz CT molecular complexity index is 566. The van der Waals surface area contributed by atoms with Crippen molar-refractivity contribution in [3.63, 3.8) is 0 Å². The standard InChI is InChI=1S/C17H24N2O3/c1-4-7-21-15-10-19(14-6-5-8-22-16(14)15)17(20)13-9-11(2)18-12(13)3/h4,9,14-16,18H,1,5-8,10H2,2-3H3/t14-,15+,16+/m0/s1. The van der Waals surface area contributed by atoms with Gasteiger partial charge in [0.25, 0.3) is 5.91 Å². The van der Waals surface area contributed by atoms with Crippen LogP contribution in [0.3, 0.4) is 0 Å². The lowest BCUT2D eigenvalue weighted by atomic mass is 10.0. The lowest BCUT2D eigenvalue weighted by Gasteiger charge is -2.32. The number of nitrogens with one attached hydrogen (secondary N) is 1. The molecule has 1 aromatic rings. The molecule has 2 aliphatic heterocycles. The van der Waals surface area contributed by atoms with Crippen molar-refractivity contribution in [3.05, 3.63) is 35.7 Å². The molecule has 0 aromatic carbocycles. The second-order valence-electron chi connectivity index (χ2n) is 6.15. The number of aromatic nitrogens is 1. The molecule has 120 valence electrons. The SMILES string of the molecule is C=CCO[C@@H]1CN(C(=O)c2cc(C)[nH]c2C)[C@H]2CCCO[C@@H]12. The number of ether oxygens (including phenoxy) is 2. The number of hydrogen-bond acceptors (Lipinski definition) is 3. The zero-order valence-electron chi connectivity index (χ0n) is 13.3. The van der Waals surface area contributed by atoms with E-state index in [0.29, 0.717) is 13.2 Å². The van der Waals surface area contributed by atoms with E-state index in [1.807, 2.05) is 24.8 Å². The van der Waals surface area contributed by atoms with Crippen LogP contribution < -0.4 is 0 Å². The van der Waals surface area contributed by atoms with Crippen LogP contribution in [0.1, 0.15) is 34.6 Å². The van der Waals surface area contributed by atoms with Gasteiger partial charge in [0.05, 0.1) is 24.8 Å². The first kappa shape index (κ1) is 15.3. The Labute approximate surface area is 131 Å². The van der Waals surface area contributed by atoms with Gasteiger partial charge in [0, 0.05) is 18.0 Å². The monoisotopic (exact) mass is 304 g/mol. The van der Waals surface area contributed by atoms with E-state index in [-0.39, 0.29) is 24.2 Å². The number of likely N-dealkylation sites (tertiary alicyclic amines) is 1. The highest BCUT2D eigenvalue weighted by atomic mass is 16.5. The topological polar surface area (TPSA) is 54.6 Å². The molecule has 1 amide bonds. The number of H-pyrrole nitrogens is 1. The molecule has 5 nitrogen and oxygen atoms in total. The largest absolute Gasteiger partial charge is 0.373 e. The number of carbonyl (C=O) groups excluding carboxylic acids is 1. The van der Waals surface area contributed by atoms with Crippen molar-refractivity contribution in [1.82, 2.24) is 9.88 Å². The minimum Gasteiger partial charge on any atom is -0.373 e. The highest BCUT2D eigenvalue weighted by Crippen LogP contribution is 2.32. The maximum absolute atomic E-state index is 12.9. The number of aryl methyl sites for hydroxylation is 2. The summed E-state index contributed by atoms with van der Waals surface area (Å²) < 4.78 is 11.7. The lowest BCUT2D eigenvalue weighted by molar-refractivity contribution is -0.0708. The molecule has 22 heavy (non-hydrogen) atoms. The Morgan fingerprint density at radius 3 is 3.09 bits per heavy atom. The minimum atomic E-state index is -0.0624. The molecule has 2 fully saturated rings. The first-order valence-corrected chi connectivity index (χ1v) is 7.93. The summed E-state index contributed by atoms with van der Waals surface area (Å²) >= 11 is 0. The van der Waals surface area contributed by atoms with E-state index >= 15 is 0 Å². The van der Waals surface area contributed by atoms with Crippen molar-refractivity contribution < 1.29 is 14.3 Å². The zero-order chi connectivity index (χ0) is 15.7. The molecule has 0 spiro atoms. The fourth-order valence-corrected chi connectivity index (χ4v) is 3.58.